The molecule has 1 N–H and O–H groups in total. The molecule has 0 heterocycles. The van der Waals surface area contributed by atoms with Crippen LogP contribution >= 0.6 is 54.5 Å². The summed E-state index contributed by atoms with van der Waals surface area (Å²) in [5, 5.41) is 8.21. The summed E-state index contributed by atoms with van der Waals surface area (Å²) >= 11 is 7.66. The van der Waals surface area contributed by atoms with E-state index in [9.17, 15) is 4.79 Å². The SMILES string of the molecule is O=C(O)C(Br)=C(Br)I. The number of hydrogen-bond donors (Lipinski definition) is 1. The van der Waals surface area contributed by atoms with Gasteiger partial charge in [0.2, 0.25) is 0 Å². The lowest BCUT2D eigenvalue weighted by atomic mass is 10.7. The van der Waals surface area contributed by atoms with Crippen LogP contribution in [0.1, 0.15) is 0 Å². The van der Waals surface area contributed by atoms with Gasteiger partial charge in [-0.05, 0) is 54.5 Å². The van der Waals surface area contributed by atoms with E-state index in [0.717, 1.165) is 0 Å². The minimum absolute atomic E-state index is 0.151. The van der Waals surface area contributed by atoms with Crippen LogP contribution in [0.2, 0.25) is 0 Å². The second kappa shape index (κ2) is 3.84. The van der Waals surface area contributed by atoms with Crippen LogP contribution in [0, 0.1) is 0 Å². The number of carbonyl (C=O) groups is 1. The lowest BCUT2D eigenvalue weighted by molar-refractivity contribution is -0.131. The molecule has 0 aromatic heterocycles. The van der Waals surface area contributed by atoms with Gasteiger partial charge in [-0.3, -0.25) is 0 Å². The van der Waals surface area contributed by atoms with Crippen LogP contribution in [-0.4, -0.2) is 11.1 Å². The highest BCUT2D eigenvalue weighted by Crippen LogP contribution is 2.23. The smallest absolute Gasteiger partial charge is 0.344 e. The number of halogens is 3. The molecule has 5 heteroatoms. The van der Waals surface area contributed by atoms with Gasteiger partial charge in [-0.1, -0.05) is 0 Å². The average Bonchev–Trinajstić information content (AvgIpc) is 1.64. The first-order valence-electron chi connectivity index (χ1n) is 1.49. The lowest BCUT2D eigenvalue weighted by Gasteiger charge is -1.86. The van der Waals surface area contributed by atoms with Crippen molar-refractivity contribution in [3.8, 4) is 0 Å². The second-order valence-electron chi connectivity index (χ2n) is 0.880. The van der Waals surface area contributed by atoms with Gasteiger partial charge in [-0.15, -0.1) is 0 Å². The largest absolute Gasteiger partial charge is 0.477 e. The van der Waals surface area contributed by atoms with Crippen molar-refractivity contribution in [2.24, 2.45) is 0 Å². The van der Waals surface area contributed by atoms with Crippen molar-refractivity contribution in [3.05, 3.63) is 6.97 Å². The fourth-order valence-electron chi connectivity index (χ4n) is 0.0808. The van der Waals surface area contributed by atoms with Gasteiger partial charge in [0, 0.05) is 0 Å². The molecule has 8 heavy (non-hydrogen) atoms. The molecule has 0 saturated heterocycles. The Balaban J connectivity index is 4.23. The molecular weight excluding hydrogens is 355 g/mol. The van der Waals surface area contributed by atoms with Crippen molar-refractivity contribution >= 4 is 60.4 Å². The normalized spacial score (nSPS) is 12.9. The number of carboxylic acid groups (broad SMARTS) is 1. The van der Waals surface area contributed by atoms with Crippen molar-refractivity contribution in [3.63, 3.8) is 0 Å². The number of carboxylic acids is 1. The van der Waals surface area contributed by atoms with Crippen molar-refractivity contribution in [1.29, 1.82) is 0 Å². The molecule has 0 bridgehead atoms. The monoisotopic (exact) mass is 354 g/mol. The summed E-state index contributed by atoms with van der Waals surface area (Å²) in [5.74, 6) is -0.966. The van der Waals surface area contributed by atoms with Gasteiger partial charge in [-0.25, -0.2) is 4.79 Å². The first kappa shape index (κ1) is 8.90. The Morgan fingerprint density at radius 2 is 1.88 bits per heavy atom. The molecule has 2 nitrogen and oxygen atoms in total. The summed E-state index contributed by atoms with van der Waals surface area (Å²) < 4.78 is 0.709. The Kier molecular flexibility index (Phi) is 4.27. The third-order valence-electron chi connectivity index (χ3n) is 0.354. The molecule has 0 saturated carbocycles. The van der Waals surface area contributed by atoms with E-state index in [0.29, 0.717) is 2.49 Å². The molecule has 0 aliphatic heterocycles. The highest BCUT2D eigenvalue weighted by Gasteiger charge is 2.04. The second-order valence-corrected chi connectivity index (χ2v) is 5.03. The first-order valence-corrected chi connectivity index (χ1v) is 4.16. The Labute approximate surface area is 76.7 Å². The topological polar surface area (TPSA) is 37.3 Å². The van der Waals surface area contributed by atoms with E-state index in [1.807, 2.05) is 22.6 Å². The first-order chi connectivity index (χ1) is 3.55. The van der Waals surface area contributed by atoms with E-state index in [1.54, 1.807) is 0 Å². The molecule has 0 radical (unpaired) electrons. The van der Waals surface area contributed by atoms with Gasteiger partial charge in [-0.2, -0.15) is 0 Å². The van der Waals surface area contributed by atoms with Crippen molar-refractivity contribution in [2.75, 3.05) is 0 Å². The zero-order valence-corrected chi connectivity index (χ0v) is 8.82. The van der Waals surface area contributed by atoms with Crippen molar-refractivity contribution in [1.82, 2.24) is 0 Å². The summed E-state index contributed by atoms with van der Waals surface area (Å²) in [6, 6.07) is 0. The third kappa shape index (κ3) is 3.03. The Hall–Kier alpha value is 0.900. The number of rotatable bonds is 1. The fraction of sp³-hybridized carbons (Fsp3) is 0. The average molecular weight is 356 g/mol. The zero-order chi connectivity index (χ0) is 6.73. The van der Waals surface area contributed by atoms with E-state index in [1.165, 1.54) is 0 Å². The van der Waals surface area contributed by atoms with Gasteiger partial charge < -0.3 is 5.11 Å². The quantitative estimate of drug-likeness (QED) is 0.579. The van der Waals surface area contributed by atoms with Gasteiger partial charge in [0.15, 0.2) is 0 Å². The standard InChI is InChI=1S/C3HBr2IO2/c4-1(2(5)6)3(7)8/h(H,7,8). The molecule has 0 atom stereocenters. The van der Waals surface area contributed by atoms with Crippen LogP contribution in [0.5, 0.6) is 0 Å². The highest BCUT2D eigenvalue weighted by molar-refractivity contribution is 14.1. The predicted molar refractivity (Wildman–Crippen MR) is 46.5 cm³/mol. The molecule has 0 spiro atoms. The molecule has 0 amide bonds. The van der Waals surface area contributed by atoms with Gasteiger partial charge in [0.25, 0.3) is 0 Å². The van der Waals surface area contributed by atoms with Gasteiger partial charge in [0.1, 0.15) is 4.48 Å². The third-order valence-corrected chi connectivity index (χ3v) is 3.30. The minimum atomic E-state index is -0.966. The molecule has 0 fully saturated rings. The predicted octanol–water partition coefficient (Wildman–Crippen LogP) is 2.46. The van der Waals surface area contributed by atoms with Crippen LogP contribution in [0.15, 0.2) is 6.97 Å². The van der Waals surface area contributed by atoms with Crippen LogP contribution in [0.25, 0.3) is 0 Å². The van der Waals surface area contributed by atoms with Crippen LogP contribution in [0.4, 0.5) is 0 Å². The van der Waals surface area contributed by atoms with Crippen LogP contribution in [0.3, 0.4) is 0 Å². The number of aliphatic carboxylic acids is 1. The summed E-state index contributed by atoms with van der Waals surface area (Å²) in [7, 11) is 0. The maximum Gasteiger partial charge on any atom is 0.344 e. The molecule has 0 aromatic carbocycles. The van der Waals surface area contributed by atoms with E-state index < -0.39 is 5.97 Å². The summed E-state index contributed by atoms with van der Waals surface area (Å²) in [4.78, 5) is 10.0. The van der Waals surface area contributed by atoms with Crippen LogP contribution < -0.4 is 0 Å². The molecular formula is C3HBr2IO2. The zero-order valence-electron chi connectivity index (χ0n) is 3.49. The molecule has 0 aliphatic rings. The molecule has 0 unspecified atom stereocenters. The summed E-state index contributed by atoms with van der Waals surface area (Å²) in [5.41, 5.74) is 0. The van der Waals surface area contributed by atoms with Crippen LogP contribution in [-0.2, 0) is 4.79 Å². The van der Waals surface area contributed by atoms with E-state index in [2.05, 4.69) is 31.9 Å². The Bertz CT molecular complexity index is 138. The molecule has 0 aromatic rings. The van der Waals surface area contributed by atoms with E-state index >= 15 is 0 Å². The Morgan fingerprint density at radius 1 is 1.50 bits per heavy atom. The molecule has 0 rings (SSSR count). The van der Waals surface area contributed by atoms with Crippen molar-refractivity contribution in [2.45, 2.75) is 0 Å². The van der Waals surface area contributed by atoms with Crippen molar-refractivity contribution < 1.29 is 9.90 Å². The molecule has 46 valence electrons. The summed E-state index contributed by atoms with van der Waals surface area (Å²) in [6.45, 7) is 0. The van der Waals surface area contributed by atoms with E-state index in [-0.39, 0.29) is 4.48 Å². The fourth-order valence-corrected chi connectivity index (χ4v) is 0.481. The number of hydrogen-bond acceptors (Lipinski definition) is 1. The minimum Gasteiger partial charge on any atom is -0.477 e. The maximum atomic E-state index is 10.0. The molecule has 0 aliphatic carbocycles. The van der Waals surface area contributed by atoms with Gasteiger partial charge >= 0.3 is 5.97 Å². The summed E-state index contributed by atoms with van der Waals surface area (Å²) in [6.07, 6.45) is 0. The lowest BCUT2D eigenvalue weighted by Crippen LogP contribution is -1.92. The maximum absolute atomic E-state index is 10.0. The van der Waals surface area contributed by atoms with Gasteiger partial charge in [0.05, 0.1) is 2.49 Å². The van der Waals surface area contributed by atoms with E-state index in [4.69, 9.17) is 5.11 Å². The Morgan fingerprint density at radius 3 is 1.88 bits per heavy atom. The highest BCUT2D eigenvalue weighted by atomic mass is 127.